The molecule has 1 atom stereocenters. The van der Waals surface area contributed by atoms with Crippen LogP contribution in [0.1, 0.15) is 51.5 Å². The number of hydrogen-bond donors (Lipinski definition) is 1. The van der Waals surface area contributed by atoms with Crippen LogP contribution in [0.4, 0.5) is 0 Å². The molecule has 1 aliphatic rings. The SMILES string of the molecule is CCC(=O)N(Cc1cccc(Br)c1)C(C)C(=O)NC1CCCC1. The number of hydrogen-bond acceptors (Lipinski definition) is 2. The normalized spacial score (nSPS) is 16.1. The third-order valence-electron chi connectivity index (χ3n) is 4.41. The molecule has 1 saturated carbocycles. The molecular weight excluding hydrogens is 356 g/mol. The summed E-state index contributed by atoms with van der Waals surface area (Å²) in [4.78, 5) is 26.5. The Labute approximate surface area is 146 Å². The zero-order valence-corrected chi connectivity index (χ0v) is 15.4. The second kappa shape index (κ2) is 8.48. The molecule has 1 fully saturated rings. The van der Waals surface area contributed by atoms with Crippen molar-refractivity contribution in [2.24, 2.45) is 0 Å². The van der Waals surface area contributed by atoms with Crippen LogP contribution in [-0.4, -0.2) is 28.8 Å². The van der Waals surface area contributed by atoms with Crippen molar-refractivity contribution in [2.75, 3.05) is 0 Å². The second-order valence-corrected chi connectivity index (χ2v) is 7.09. The van der Waals surface area contributed by atoms with E-state index in [9.17, 15) is 9.59 Å². The largest absolute Gasteiger partial charge is 0.352 e. The lowest BCUT2D eigenvalue weighted by molar-refractivity contribution is -0.140. The number of benzene rings is 1. The summed E-state index contributed by atoms with van der Waals surface area (Å²) in [6, 6.07) is 7.67. The average Bonchev–Trinajstić information content (AvgIpc) is 3.04. The molecule has 126 valence electrons. The quantitative estimate of drug-likeness (QED) is 0.818. The molecule has 0 aliphatic heterocycles. The van der Waals surface area contributed by atoms with Crippen molar-refractivity contribution in [3.63, 3.8) is 0 Å². The summed E-state index contributed by atoms with van der Waals surface area (Å²) < 4.78 is 0.974. The van der Waals surface area contributed by atoms with E-state index in [0.29, 0.717) is 13.0 Å². The van der Waals surface area contributed by atoms with Crippen molar-refractivity contribution in [2.45, 2.75) is 64.6 Å². The van der Waals surface area contributed by atoms with Crippen LogP contribution >= 0.6 is 15.9 Å². The number of carbonyl (C=O) groups excluding carboxylic acids is 2. The van der Waals surface area contributed by atoms with E-state index in [0.717, 1.165) is 22.9 Å². The molecule has 0 saturated heterocycles. The second-order valence-electron chi connectivity index (χ2n) is 6.17. The zero-order chi connectivity index (χ0) is 16.8. The standard InChI is InChI=1S/C18H25BrN2O2/c1-3-17(22)21(12-14-7-6-8-15(19)11-14)13(2)18(23)20-16-9-4-5-10-16/h6-8,11,13,16H,3-5,9-10,12H2,1-2H3,(H,20,23). The van der Waals surface area contributed by atoms with E-state index >= 15 is 0 Å². The molecule has 0 spiro atoms. The minimum Gasteiger partial charge on any atom is -0.352 e. The molecular formula is C18H25BrN2O2. The lowest BCUT2D eigenvalue weighted by Crippen LogP contribution is -2.49. The summed E-state index contributed by atoms with van der Waals surface area (Å²) >= 11 is 3.45. The van der Waals surface area contributed by atoms with Crippen LogP contribution in [-0.2, 0) is 16.1 Å². The van der Waals surface area contributed by atoms with Crippen LogP contribution in [0.2, 0.25) is 0 Å². The molecule has 23 heavy (non-hydrogen) atoms. The number of rotatable bonds is 6. The molecule has 1 aliphatic carbocycles. The summed E-state index contributed by atoms with van der Waals surface area (Å²) in [5.41, 5.74) is 1.02. The van der Waals surface area contributed by atoms with E-state index in [4.69, 9.17) is 0 Å². The predicted octanol–water partition coefficient (Wildman–Crippen LogP) is 3.64. The summed E-state index contributed by atoms with van der Waals surface area (Å²) in [5, 5.41) is 3.09. The Balaban J connectivity index is 2.06. The Hall–Kier alpha value is -1.36. The Morgan fingerprint density at radius 2 is 2.04 bits per heavy atom. The molecule has 0 heterocycles. The summed E-state index contributed by atoms with van der Waals surface area (Å²) in [5.74, 6) is -0.0484. The molecule has 0 radical (unpaired) electrons. The highest BCUT2D eigenvalue weighted by molar-refractivity contribution is 9.10. The van der Waals surface area contributed by atoms with E-state index in [1.165, 1.54) is 12.8 Å². The van der Waals surface area contributed by atoms with Crippen molar-refractivity contribution in [1.29, 1.82) is 0 Å². The smallest absolute Gasteiger partial charge is 0.242 e. The van der Waals surface area contributed by atoms with Crippen LogP contribution < -0.4 is 5.32 Å². The molecule has 1 aromatic carbocycles. The van der Waals surface area contributed by atoms with Crippen LogP contribution in [0.5, 0.6) is 0 Å². The fraction of sp³-hybridized carbons (Fsp3) is 0.556. The Morgan fingerprint density at radius 3 is 2.65 bits per heavy atom. The van der Waals surface area contributed by atoms with E-state index < -0.39 is 6.04 Å². The first-order chi connectivity index (χ1) is 11.0. The van der Waals surface area contributed by atoms with Gasteiger partial charge in [0.05, 0.1) is 0 Å². The molecule has 1 N–H and O–H groups in total. The molecule has 4 nitrogen and oxygen atoms in total. The molecule has 1 unspecified atom stereocenters. The monoisotopic (exact) mass is 380 g/mol. The van der Waals surface area contributed by atoms with Crippen molar-refractivity contribution >= 4 is 27.7 Å². The van der Waals surface area contributed by atoms with Crippen molar-refractivity contribution in [3.05, 3.63) is 34.3 Å². The maximum atomic E-state index is 12.5. The lowest BCUT2D eigenvalue weighted by atomic mass is 10.1. The first-order valence-electron chi connectivity index (χ1n) is 8.35. The summed E-state index contributed by atoms with van der Waals surface area (Å²) in [6.07, 6.45) is 4.84. The molecule has 1 aromatic rings. The van der Waals surface area contributed by atoms with Crippen LogP contribution in [0.3, 0.4) is 0 Å². The summed E-state index contributed by atoms with van der Waals surface area (Å²) in [7, 11) is 0. The van der Waals surface area contributed by atoms with E-state index in [1.54, 1.807) is 4.90 Å². The van der Waals surface area contributed by atoms with Gasteiger partial charge in [-0.25, -0.2) is 0 Å². The Kier molecular flexibility index (Phi) is 6.63. The predicted molar refractivity (Wildman–Crippen MR) is 94.8 cm³/mol. The number of carbonyl (C=O) groups is 2. The zero-order valence-electron chi connectivity index (χ0n) is 13.8. The van der Waals surface area contributed by atoms with Crippen molar-refractivity contribution in [3.8, 4) is 0 Å². The Morgan fingerprint density at radius 1 is 1.35 bits per heavy atom. The fourth-order valence-corrected chi connectivity index (χ4v) is 3.46. The minimum absolute atomic E-state index is 0.000882. The average molecular weight is 381 g/mol. The lowest BCUT2D eigenvalue weighted by Gasteiger charge is -2.29. The van der Waals surface area contributed by atoms with E-state index in [1.807, 2.05) is 38.1 Å². The van der Waals surface area contributed by atoms with Gasteiger partial charge in [0.15, 0.2) is 0 Å². The fourth-order valence-electron chi connectivity index (χ4n) is 3.01. The van der Waals surface area contributed by atoms with Gasteiger partial charge in [-0.1, -0.05) is 47.8 Å². The van der Waals surface area contributed by atoms with Gasteiger partial charge in [0.25, 0.3) is 0 Å². The molecule has 2 rings (SSSR count). The number of nitrogens with one attached hydrogen (secondary N) is 1. The third kappa shape index (κ3) is 5.06. The van der Waals surface area contributed by atoms with Gasteiger partial charge in [-0.3, -0.25) is 9.59 Å². The van der Waals surface area contributed by atoms with Gasteiger partial charge in [0.1, 0.15) is 6.04 Å². The van der Waals surface area contributed by atoms with Crippen LogP contribution in [0.15, 0.2) is 28.7 Å². The highest BCUT2D eigenvalue weighted by Gasteiger charge is 2.27. The highest BCUT2D eigenvalue weighted by atomic mass is 79.9. The van der Waals surface area contributed by atoms with Crippen molar-refractivity contribution in [1.82, 2.24) is 10.2 Å². The van der Waals surface area contributed by atoms with Gasteiger partial charge >= 0.3 is 0 Å². The molecule has 5 heteroatoms. The maximum absolute atomic E-state index is 12.5. The summed E-state index contributed by atoms with van der Waals surface area (Å²) in [6.45, 7) is 4.10. The first kappa shape index (κ1) is 18.0. The molecule has 0 bridgehead atoms. The van der Waals surface area contributed by atoms with Crippen LogP contribution in [0.25, 0.3) is 0 Å². The number of halogens is 1. The highest BCUT2D eigenvalue weighted by Crippen LogP contribution is 2.19. The van der Waals surface area contributed by atoms with Gasteiger partial charge in [-0.15, -0.1) is 0 Å². The van der Waals surface area contributed by atoms with Crippen LogP contribution in [0, 0.1) is 0 Å². The van der Waals surface area contributed by atoms with E-state index in [2.05, 4.69) is 21.2 Å². The van der Waals surface area contributed by atoms with Gasteiger partial charge in [-0.2, -0.15) is 0 Å². The Bertz CT molecular complexity index is 556. The van der Waals surface area contributed by atoms with Crippen molar-refractivity contribution < 1.29 is 9.59 Å². The van der Waals surface area contributed by atoms with E-state index in [-0.39, 0.29) is 17.9 Å². The van der Waals surface area contributed by atoms with Gasteiger partial charge < -0.3 is 10.2 Å². The third-order valence-corrected chi connectivity index (χ3v) is 4.91. The molecule has 0 aromatic heterocycles. The first-order valence-corrected chi connectivity index (χ1v) is 9.15. The number of amides is 2. The molecule has 2 amide bonds. The van der Waals surface area contributed by atoms with Gasteiger partial charge in [0, 0.05) is 23.5 Å². The van der Waals surface area contributed by atoms with Gasteiger partial charge in [-0.05, 0) is 37.5 Å². The minimum atomic E-state index is -0.456. The maximum Gasteiger partial charge on any atom is 0.242 e. The van der Waals surface area contributed by atoms with Gasteiger partial charge in [0.2, 0.25) is 11.8 Å². The topological polar surface area (TPSA) is 49.4 Å². The number of nitrogens with zero attached hydrogens (tertiary/aromatic N) is 1.